The molecule has 0 aromatic carbocycles. The fourth-order valence-corrected chi connectivity index (χ4v) is 1.52. The van der Waals surface area contributed by atoms with E-state index in [-0.39, 0.29) is 0 Å². The number of thioether (sulfide) groups is 1. The highest BCUT2D eigenvalue weighted by atomic mass is 32.2. The van der Waals surface area contributed by atoms with Crippen LogP contribution >= 0.6 is 11.8 Å². The average Bonchev–Trinajstić information content (AvgIpc) is 2.29. The summed E-state index contributed by atoms with van der Waals surface area (Å²) in [5.41, 5.74) is 0. The van der Waals surface area contributed by atoms with Crippen LogP contribution in [0.15, 0.2) is 24.9 Å². The van der Waals surface area contributed by atoms with E-state index in [0.29, 0.717) is 11.8 Å². The van der Waals surface area contributed by atoms with Crippen LogP contribution in [-0.2, 0) is 0 Å². The molecule has 0 amide bonds. The zero-order valence-corrected chi connectivity index (χ0v) is 9.59. The highest BCUT2D eigenvalue weighted by Gasteiger charge is 1.97. The highest BCUT2D eigenvalue weighted by Crippen LogP contribution is 2.07. The monoisotopic (exact) mass is 225 g/mol. The quantitative estimate of drug-likeness (QED) is 0.566. The van der Waals surface area contributed by atoms with E-state index >= 15 is 0 Å². The number of hydrogen-bond donors (Lipinski definition) is 1. The van der Waals surface area contributed by atoms with Gasteiger partial charge in [-0.2, -0.15) is 16.7 Å². The molecule has 0 atom stereocenters. The van der Waals surface area contributed by atoms with Gasteiger partial charge in [-0.05, 0) is 0 Å². The standard InChI is InChI=1S/C10H15N3OS/c1-3-7-15-8-6-12-10-11-5-4-9(13-10)14-2/h3-5H,1,6-8H2,2H3,(H,11,12,13). The van der Waals surface area contributed by atoms with E-state index in [1.54, 1.807) is 19.4 Å². The van der Waals surface area contributed by atoms with Crippen molar-refractivity contribution in [3.63, 3.8) is 0 Å². The van der Waals surface area contributed by atoms with Gasteiger partial charge in [0.2, 0.25) is 11.8 Å². The van der Waals surface area contributed by atoms with Gasteiger partial charge in [-0.1, -0.05) is 6.08 Å². The van der Waals surface area contributed by atoms with Crippen LogP contribution in [0.2, 0.25) is 0 Å². The molecule has 1 aromatic rings. The summed E-state index contributed by atoms with van der Waals surface area (Å²) >= 11 is 1.82. The Hall–Kier alpha value is -1.23. The van der Waals surface area contributed by atoms with Crippen molar-refractivity contribution in [1.82, 2.24) is 9.97 Å². The number of anilines is 1. The number of nitrogens with zero attached hydrogens (tertiary/aromatic N) is 2. The summed E-state index contributed by atoms with van der Waals surface area (Å²) in [7, 11) is 1.59. The molecule has 0 aliphatic carbocycles. The highest BCUT2D eigenvalue weighted by molar-refractivity contribution is 7.99. The molecule has 1 aromatic heterocycles. The van der Waals surface area contributed by atoms with Gasteiger partial charge in [-0.25, -0.2) is 4.98 Å². The molecule has 5 heteroatoms. The van der Waals surface area contributed by atoms with Gasteiger partial charge in [0, 0.05) is 30.3 Å². The van der Waals surface area contributed by atoms with E-state index < -0.39 is 0 Å². The van der Waals surface area contributed by atoms with Crippen molar-refractivity contribution in [2.24, 2.45) is 0 Å². The van der Waals surface area contributed by atoms with Crippen LogP contribution in [0.1, 0.15) is 0 Å². The molecule has 0 radical (unpaired) electrons. The summed E-state index contributed by atoms with van der Waals surface area (Å²) in [5, 5.41) is 3.12. The van der Waals surface area contributed by atoms with Crippen LogP contribution < -0.4 is 10.1 Å². The Morgan fingerprint density at radius 2 is 2.53 bits per heavy atom. The fraction of sp³-hybridized carbons (Fsp3) is 0.400. The summed E-state index contributed by atoms with van der Waals surface area (Å²) in [6.45, 7) is 4.50. The third kappa shape index (κ3) is 4.69. The molecular weight excluding hydrogens is 210 g/mol. The van der Waals surface area contributed by atoms with Gasteiger partial charge >= 0.3 is 0 Å². The van der Waals surface area contributed by atoms with Crippen molar-refractivity contribution in [2.45, 2.75) is 0 Å². The van der Waals surface area contributed by atoms with Gasteiger partial charge in [0.05, 0.1) is 7.11 Å². The molecule has 1 N–H and O–H groups in total. The summed E-state index contributed by atoms with van der Waals surface area (Å²) in [4.78, 5) is 8.21. The van der Waals surface area contributed by atoms with Crippen LogP contribution in [0.3, 0.4) is 0 Å². The lowest BCUT2D eigenvalue weighted by Gasteiger charge is -2.04. The smallest absolute Gasteiger partial charge is 0.225 e. The van der Waals surface area contributed by atoms with Crippen LogP contribution in [0.25, 0.3) is 0 Å². The van der Waals surface area contributed by atoms with Gasteiger partial charge in [-0.3, -0.25) is 0 Å². The van der Waals surface area contributed by atoms with E-state index in [4.69, 9.17) is 4.74 Å². The first-order chi connectivity index (χ1) is 7.36. The van der Waals surface area contributed by atoms with Gasteiger partial charge in [0.25, 0.3) is 0 Å². The number of hydrogen-bond acceptors (Lipinski definition) is 5. The minimum atomic E-state index is 0.575. The lowest BCUT2D eigenvalue weighted by molar-refractivity contribution is 0.397. The van der Waals surface area contributed by atoms with Crippen LogP contribution in [0.4, 0.5) is 5.95 Å². The first-order valence-electron chi connectivity index (χ1n) is 4.66. The topological polar surface area (TPSA) is 47.0 Å². The van der Waals surface area contributed by atoms with E-state index in [1.165, 1.54) is 0 Å². The average molecular weight is 225 g/mol. The molecule has 4 nitrogen and oxygen atoms in total. The minimum absolute atomic E-state index is 0.575. The normalized spacial score (nSPS) is 9.67. The number of ether oxygens (including phenoxy) is 1. The molecule has 1 rings (SSSR count). The molecule has 0 aliphatic heterocycles. The molecule has 1 heterocycles. The number of methoxy groups -OCH3 is 1. The zero-order chi connectivity index (χ0) is 10.9. The number of nitrogens with one attached hydrogen (secondary N) is 1. The molecule has 0 saturated carbocycles. The van der Waals surface area contributed by atoms with E-state index in [9.17, 15) is 0 Å². The van der Waals surface area contributed by atoms with Crippen molar-refractivity contribution in [3.8, 4) is 5.88 Å². The largest absolute Gasteiger partial charge is 0.481 e. The second-order valence-corrected chi connectivity index (χ2v) is 3.86. The van der Waals surface area contributed by atoms with Crippen LogP contribution in [0, 0.1) is 0 Å². The van der Waals surface area contributed by atoms with Gasteiger partial charge < -0.3 is 10.1 Å². The van der Waals surface area contributed by atoms with Crippen molar-refractivity contribution in [3.05, 3.63) is 24.9 Å². The van der Waals surface area contributed by atoms with Gasteiger partial charge in [-0.15, -0.1) is 6.58 Å². The Balaban J connectivity index is 2.27. The van der Waals surface area contributed by atoms with Crippen molar-refractivity contribution >= 4 is 17.7 Å². The molecule has 0 aliphatic rings. The zero-order valence-electron chi connectivity index (χ0n) is 8.77. The SMILES string of the molecule is C=CCSCCNc1nccc(OC)n1. The second kappa shape index (κ2) is 7.11. The minimum Gasteiger partial charge on any atom is -0.481 e. The van der Waals surface area contributed by atoms with E-state index in [2.05, 4.69) is 21.9 Å². The Morgan fingerprint density at radius 3 is 3.27 bits per heavy atom. The van der Waals surface area contributed by atoms with Crippen LogP contribution in [0.5, 0.6) is 5.88 Å². The molecule has 0 unspecified atom stereocenters. The Morgan fingerprint density at radius 1 is 1.67 bits per heavy atom. The lowest BCUT2D eigenvalue weighted by atomic mass is 10.6. The van der Waals surface area contributed by atoms with E-state index in [1.807, 2.05) is 17.8 Å². The molecule has 0 fully saturated rings. The third-order valence-corrected chi connectivity index (χ3v) is 2.57. The van der Waals surface area contributed by atoms with Crippen LogP contribution in [-0.4, -0.2) is 35.1 Å². The maximum absolute atomic E-state index is 4.99. The number of rotatable bonds is 7. The van der Waals surface area contributed by atoms with E-state index in [0.717, 1.165) is 18.1 Å². The molecule has 0 bridgehead atoms. The van der Waals surface area contributed by atoms with Crippen molar-refractivity contribution < 1.29 is 4.74 Å². The van der Waals surface area contributed by atoms with Gasteiger partial charge in [0.1, 0.15) is 0 Å². The molecular formula is C10H15N3OS. The first kappa shape index (κ1) is 11.8. The molecule has 0 spiro atoms. The number of aromatic nitrogens is 2. The van der Waals surface area contributed by atoms with Gasteiger partial charge in [0.15, 0.2) is 0 Å². The molecule has 15 heavy (non-hydrogen) atoms. The second-order valence-electron chi connectivity index (χ2n) is 2.71. The molecule has 82 valence electrons. The summed E-state index contributed by atoms with van der Waals surface area (Å²) in [5.74, 6) is 3.16. The summed E-state index contributed by atoms with van der Waals surface area (Å²) < 4.78 is 4.99. The fourth-order valence-electron chi connectivity index (χ4n) is 0.943. The Kier molecular flexibility index (Phi) is 5.62. The lowest BCUT2D eigenvalue weighted by Crippen LogP contribution is -2.07. The van der Waals surface area contributed by atoms with Crippen molar-refractivity contribution in [2.75, 3.05) is 30.5 Å². The maximum Gasteiger partial charge on any atom is 0.225 e. The third-order valence-electron chi connectivity index (χ3n) is 1.60. The van der Waals surface area contributed by atoms with Crippen molar-refractivity contribution in [1.29, 1.82) is 0 Å². The Bertz CT molecular complexity index is 306. The Labute approximate surface area is 94.2 Å². The molecule has 0 saturated heterocycles. The first-order valence-corrected chi connectivity index (χ1v) is 5.82. The summed E-state index contributed by atoms with van der Waals surface area (Å²) in [6.07, 6.45) is 3.57. The maximum atomic E-state index is 4.99. The predicted molar refractivity (Wildman–Crippen MR) is 64.6 cm³/mol. The summed E-state index contributed by atoms with van der Waals surface area (Å²) in [6, 6.07) is 1.72. The predicted octanol–water partition coefficient (Wildman–Crippen LogP) is 1.82.